The van der Waals surface area contributed by atoms with Crippen LogP contribution < -0.4 is 4.90 Å². The summed E-state index contributed by atoms with van der Waals surface area (Å²) in [4.78, 5) is 40.4. The lowest BCUT2D eigenvalue weighted by Gasteiger charge is -2.26. The first-order valence-electron chi connectivity index (χ1n) is 11.8. The standard InChI is InChI=1S/C27H41BrFNO3S/c1-25(2,3)13-10-22(31)30(23(32)11-14-26(4,5)6)20-17-21(18(28)16-19(20)29)34-24(33)12-15-27(7,8)9/h16-17H,10-15H2,1-9H3. The van der Waals surface area contributed by atoms with Gasteiger partial charge in [-0.1, -0.05) is 74.1 Å². The van der Waals surface area contributed by atoms with E-state index >= 15 is 4.39 Å². The number of hydrogen-bond donors (Lipinski definition) is 0. The predicted molar refractivity (Wildman–Crippen MR) is 144 cm³/mol. The molecule has 0 fully saturated rings. The fourth-order valence-electron chi connectivity index (χ4n) is 3.01. The lowest BCUT2D eigenvalue weighted by Crippen LogP contribution is -2.38. The van der Waals surface area contributed by atoms with Crippen molar-refractivity contribution in [2.45, 2.75) is 106 Å². The van der Waals surface area contributed by atoms with E-state index in [0.29, 0.717) is 28.6 Å². The van der Waals surface area contributed by atoms with Crippen molar-refractivity contribution in [1.82, 2.24) is 0 Å². The zero-order valence-electron chi connectivity index (χ0n) is 22.2. The summed E-state index contributed by atoms with van der Waals surface area (Å²) in [5.74, 6) is -1.53. The molecule has 0 N–H and O–H groups in total. The van der Waals surface area contributed by atoms with Crippen LogP contribution in [0.3, 0.4) is 0 Å². The van der Waals surface area contributed by atoms with Gasteiger partial charge in [-0.2, -0.15) is 0 Å². The highest BCUT2D eigenvalue weighted by molar-refractivity contribution is 9.10. The van der Waals surface area contributed by atoms with E-state index in [4.69, 9.17) is 0 Å². The zero-order chi connectivity index (χ0) is 26.5. The molecule has 7 heteroatoms. The van der Waals surface area contributed by atoms with Crippen LogP contribution in [0.25, 0.3) is 0 Å². The molecule has 192 valence electrons. The van der Waals surface area contributed by atoms with E-state index in [0.717, 1.165) is 23.1 Å². The number of carbonyl (C=O) groups is 3. The van der Waals surface area contributed by atoms with Crippen LogP contribution in [0.5, 0.6) is 0 Å². The Balaban J connectivity index is 3.30. The summed E-state index contributed by atoms with van der Waals surface area (Å²) >= 11 is 4.34. The Morgan fingerprint density at radius 2 is 1.21 bits per heavy atom. The molecule has 2 amide bonds. The van der Waals surface area contributed by atoms with Crippen LogP contribution in [0.4, 0.5) is 10.1 Å². The van der Waals surface area contributed by atoms with Gasteiger partial charge < -0.3 is 0 Å². The second-order valence-electron chi connectivity index (χ2n) is 12.5. The molecule has 0 atom stereocenters. The van der Waals surface area contributed by atoms with E-state index in [1.54, 1.807) is 0 Å². The van der Waals surface area contributed by atoms with Gasteiger partial charge in [0.15, 0.2) is 5.12 Å². The van der Waals surface area contributed by atoms with Crippen molar-refractivity contribution in [3.63, 3.8) is 0 Å². The maximum atomic E-state index is 15.1. The largest absolute Gasteiger partial charge is 0.287 e. The Labute approximate surface area is 217 Å². The van der Waals surface area contributed by atoms with Crippen LogP contribution in [0.15, 0.2) is 21.5 Å². The molecule has 1 aromatic rings. The Kier molecular flexibility index (Phi) is 11.0. The summed E-state index contributed by atoms with van der Waals surface area (Å²) in [7, 11) is 0. The fraction of sp³-hybridized carbons (Fsp3) is 0.667. The second-order valence-corrected chi connectivity index (χ2v) is 14.5. The molecule has 0 saturated heterocycles. The third kappa shape index (κ3) is 11.5. The van der Waals surface area contributed by atoms with Gasteiger partial charge in [-0.3, -0.25) is 14.4 Å². The SMILES string of the molecule is CC(C)(C)CCC(=O)Sc1cc(N(C(=O)CCC(C)(C)C)C(=O)CCC(C)(C)C)c(F)cc1Br. The summed E-state index contributed by atoms with van der Waals surface area (Å²) in [6, 6.07) is 2.68. The van der Waals surface area contributed by atoms with E-state index in [1.165, 1.54) is 12.1 Å². The summed E-state index contributed by atoms with van der Waals surface area (Å²) in [5.41, 5.74) is -0.271. The molecule has 0 aromatic heterocycles. The van der Waals surface area contributed by atoms with Crippen molar-refractivity contribution in [1.29, 1.82) is 0 Å². The van der Waals surface area contributed by atoms with Crippen molar-refractivity contribution >= 4 is 50.3 Å². The van der Waals surface area contributed by atoms with Crippen molar-refractivity contribution < 1.29 is 18.8 Å². The number of halogens is 2. The van der Waals surface area contributed by atoms with E-state index in [2.05, 4.69) is 36.7 Å². The molecule has 4 nitrogen and oxygen atoms in total. The van der Waals surface area contributed by atoms with Gasteiger partial charge in [-0.25, -0.2) is 9.29 Å². The van der Waals surface area contributed by atoms with E-state index < -0.39 is 17.6 Å². The smallest absolute Gasteiger partial charge is 0.233 e. The van der Waals surface area contributed by atoms with Gasteiger partial charge in [0, 0.05) is 28.6 Å². The molecule has 34 heavy (non-hydrogen) atoms. The summed E-state index contributed by atoms with van der Waals surface area (Å²) in [5, 5.41) is -0.0437. The minimum Gasteiger partial charge on any atom is -0.287 e. The van der Waals surface area contributed by atoms with Crippen LogP contribution >= 0.6 is 27.7 Å². The molecule has 1 aromatic carbocycles. The molecular formula is C27H41BrFNO3S. The van der Waals surface area contributed by atoms with Gasteiger partial charge in [-0.05, 0) is 63.6 Å². The molecule has 0 aliphatic carbocycles. The monoisotopic (exact) mass is 557 g/mol. The summed E-state index contributed by atoms with van der Waals surface area (Å²) in [6.45, 7) is 18.3. The van der Waals surface area contributed by atoms with Crippen molar-refractivity contribution in [2.75, 3.05) is 4.90 Å². The summed E-state index contributed by atoms with van der Waals surface area (Å²) < 4.78 is 15.5. The number of nitrogens with zero attached hydrogens (tertiary/aromatic N) is 1. The van der Waals surface area contributed by atoms with E-state index in [1.807, 2.05) is 41.5 Å². The average molecular weight is 559 g/mol. The second kappa shape index (κ2) is 12.2. The van der Waals surface area contributed by atoms with Crippen LogP contribution in [0.1, 0.15) is 101 Å². The zero-order valence-corrected chi connectivity index (χ0v) is 24.6. The highest BCUT2D eigenvalue weighted by atomic mass is 79.9. The summed E-state index contributed by atoms with van der Waals surface area (Å²) in [6.07, 6.45) is 2.51. The molecule has 0 unspecified atom stereocenters. The quantitative estimate of drug-likeness (QED) is 0.300. The first-order chi connectivity index (χ1) is 15.3. The minimum atomic E-state index is -0.674. The van der Waals surface area contributed by atoms with Gasteiger partial charge in [-0.15, -0.1) is 0 Å². The van der Waals surface area contributed by atoms with Crippen LogP contribution in [-0.2, 0) is 14.4 Å². The lowest BCUT2D eigenvalue weighted by atomic mass is 9.89. The number of imide groups is 1. The molecule has 0 heterocycles. The lowest BCUT2D eigenvalue weighted by molar-refractivity contribution is -0.127. The van der Waals surface area contributed by atoms with E-state index in [9.17, 15) is 14.4 Å². The third-order valence-corrected chi connectivity index (χ3v) is 7.13. The third-order valence-electron chi connectivity index (χ3n) is 5.22. The Morgan fingerprint density at radius 3 is 1.62 bits per heavy atom. The minimum absolute atomic E-state index is 0.0250. The fourth-order valence-corrected chi connectivity index (χ4v) is 4.35. The molecule has 0 aliphatic heterocycles. The van der Waals surface area contributed by atoms with Crippen LogP contribution in [0.2, 0.25) is 0 Å². The number of anilines is 1. The van der Waals surface area contributed by atoms with Gasteiger partial charge >= 0.3 is 0 Å². The van der Waals surface area contributed by atoms with Gasteiger partial charge in [0.05, 0.1) is 5.69 Å². The van der Waals surface area contributed by atoms with Crippen molar-refractivity contribution in [2.24, 2.45) is 16.2 Å². The molecular weight excluding hydrogens is 517 g/mol. The molecule has 0 bridgehead atoms. The number of rotatable bonds is 8. The van der Waals surface area contributed by atoms with Crippen molar-refractivity contribution in [3.8, 4) is 0 Å². The molecule has 0 radical (unpaired) electrons. The first kappa shape index (κ1) is 30.8. The Morgan fingerprint density at radius 1 is 0.794 bits per heavy atom. The number of thioether (sulfide) groups is 1. The maximum Gasteiger partial charge on any atom is 0.233 e. The predicted octanol–water partition coefficient (Wildman–Crippen LogP) is 8.55. The first-order valence-corrected chi connectivity index (χ1v) is 13.5. The van der Waals surface area contributed by atoms with E-state index in [-0.39, 0.29) is 39.9 Å². The Bertz CT molecular complexity index is 865. The Hall–Kier alpha value is -1.21. The molecule has 1 rings (SSSR count). The topological polar surface area (TPSA) is 54.5 Å². The van der Waals surface area contributed by atoms with Gasteiger partial charge in [0.2, 0.25) is 11.8 Å². The highest BCUT2D eigenvalue weighted by Crippen LogP contribution is 2.37. The van der Waals surface area contributed by atoms with Crippen LogP contribution in [-0.4, -0.2) is 16.9 Å². The van der Waals surface area contributed by atoms with Gasteiger partial charge in [0.1, 0.15) is 5.82 Å². The van der Waals surface area contributed by atoms with Crippen LogP contribution in [0, 0.1) is 22.1 Å². The number of benzene rings is 1. The maximum absolute atomic E-state index is 15.1. The molecule has 0 spiro atoms. The molecule has 0 aliphatic rings. The number of amides is 2. The molecule has 0 saturated carbocycles. The highest BCUT2D eigenvalue weighted by Gasteiger charge is 2.29. The number of carbonyl (C=O) groups excluding carboxylic acids is 3. The number of hydrogen-bond acceptors (Lipinski definition) is 4. The normalized spacial score (nSPS) is 12.6. The van der Waals surface area contributed by atoms with Gasteiger partial charge in [0.25, 0.3) is 0 Å². The van der Waals surface area contributed by atoms with Crippen molar-refractivity contribution in [3.05, 3.63) is 22.4 Å². The average Bonchev–Trinajstić information content (AvgIpc) is 2.65.